The summed E-state index contributed by atoms with van der Waals surface area (Å²) in [6.45, 7) is 3.10. The third-order valence-corrected chi connectivity index (χ3v) is 6.61. The number of fused-ring (bicyclic) bond motifs is 1. The van der Waals surface area contributed by atoms with E-state index in [-0.39, 0.29) is 22.7 Å². The summed E-state index contributed by atoms with van der Waals surface area (Å²) >= 11 is 0. The lowest BCUT2D eigenvalue weighted by molar-refractivity contribution is 0.100. The first-order valence-electron chi connectivity index (χ1n) is 9.71. The van der Waals surface area contributed by atoms with Crippen molar-refractivity contribution in [2.24, 2.45) is 11.1 Å². The summed E-state index contributed by atoms with van der Waals surface area (Å²) in [6.07, 6.45) is 4.36. The van der Waals surface area contributed by atoms with E-state index in [0.29, 0.717) is 0 Å². The largest absolute Gasteiger partial charge is 0.482 e. The van der Waals surface area contributed by atoms with E-state index in [1.54, 1.807) is 0 Å². The van der Waals surface area contributed by atoms with Gasteiger partial charge < -0.3 is 9.64 Å². The van der Waals surface area contributed by atoms with Crippen LogP contribution < -0.4 is 9.88 Å². The van der Waals surface area contributed by atoms with E-state index >= 15 is 0 Å². The molecule has 0 spiro atoms. The van der Waals surface area contributed by atoms with Gasteiger partial charge in [0, 0.05) is 12.5 Å². The van der Waals surface area contributed by atoms with Crippen LogP contribution in [0.3, 0.4) is 0 Å². The van der Waals surface area contributed by atoms with Gasteiger partial charge in [-0.25, -0.2) is 17.9 Å². The molecular formula is C21H25FN2O3S. The van der Waals surface area contributed by atoms with E-state index in [1.807, 2.05) is 18.2 Å². The van der Waals surface area contributed by atoms with Gasteiger partial charge in [0.25, 0.3) is 0 Å². The molecule has 2 aromatic carbocycles. The lowest BCUT2D eigenvalue weighted by Gasteiger charge is -2.31. The summed E-state index contributed by atoms with van der Waals surface area (Å²) < 4.78 is 43.5. The molecule has 0 aromatic heterocycles. The van der Waals surface area contributed by atoms with Gasteiger partial charge in [0.05, 0.1) is 4.90 Å². The molecule has 2 unspecified atom stereocenters. The Morgan fingerprint density at radius 3 is 2.57 bits per heavy atom. The highest BCUT2D eigenvalue weighted by molar-refractivity contribution is 7.89. The topological polar surface area (TPSA) is 72.6 Å². The molecule has 28 heavy (non-hydrogen) atoms. The normalized spacial score (nSPS) is 22.8. The monoisotopic (exact) mass is 404 g/mol. The number of piperidine rings is 1. The number of nitrogens with zero attached hydrogens (tertiary/aromatic N) is 1. The zero-order chi connectivity index (χ0) is 19.7. The van der Waals surface area contributed by atoms with Gasteiger partial charge in [-0.15, -0.1) is 0 Å². The first-order chi connectivity index (χ1) is 13.4. The Kier molecular flexibility index (Phi) is 5.40. The van der Waals surface area contributed by atoms with E-state index in [2.05, 4.69) is 11.0 Å². The highest BCUT2D eigenvalue weighted by Gasteiger charge is 2.36. The Morgan fingerprint density at radius 1 is 1.11 bits per heavy atom. The number of nitrogens with two attached hydrogens (primary N) is 1. The lowest BCUT2D eigenvalue weighted by atomic mass is 10.0. The Morgan fingerprint density at radius 2 is 1.86 bits per heavy atom. The highest BCUT2D eigenvalue weighted by atomic mass is 32.2. The molecule has 0 bridgehead atoms. The second kappa shape index (κ2) is 7.81. The van der Waals surface area contributed by atoms with Crippen molar-refractivity contribution in [3.63, 3.8) is 0 Å². The van der Waals surface area contributed by atoms with Crippen LogP contribution >= 0.6 is 0 Å². The number of ether oxygens (including phenoxy) is 1. The van der Waals surface area contributed by atoms with E-state index in [4.69, 9.17) is 9.88 Å². The van der Waals surface area contributed by atoms with E-state index < -0.39 is 15.8 Å². The quantitative estimate of drug-likeness (QED) is 0.830. The van der Waals surface area contributed by atoms with Crippen molar-refractivity contribution in [3.05, 3.63) is 59.4 Å². The first-order valence-corrected chi connectivity index (χ1v) is 11.3. The maximum Gasteiger partial charge on any atom is 0.238 e. The van der Waals surface area contributed by atoms with Gasteiger partial charge in [-0.05, 0) is 61.7 Å². The number of likely N-dealkylation sites (tertiary alicyclic amines) is 1. The van der Waals surface area contributed by atoms with Crippen molar-refractivity contribution in [2.75, 3.05) is 19.6 Å². The fourth-order valence-corrected chi connectivity index (χ4v) is 4.85. The Balaban J connectivity index is 1.59. The Bertz CT molecular complexity index is 958. The van der Waals surface area contributed by atoms with Gasteiger partial charge in [0.1, 0.15) is 6.10 Å². The van der Waals surface area contributed by atoms with Gasteiger partial charge in [-0.1, -0.05) is 30.7 Å². The number of rotatable bonds is 5. The van der Waals surface area contributed by atoms with Crippen LogP contribution in [0.25, 0.3) is 0 Å². The number of sulfonamides is 1. The van der Waals surface area contributed by atoms with Crippen molar-refractivity contribution in [2.45, 2.75) is 36.7 Å². The summed E-state index contributed by atoms with van der Waals surface area (Å²) in [5.41, 5.74) is 2.32. The molecule has 2 aromatic rings. The SMILES string of the molecule is NS(=O)(=O)c1ccc(OC2c3ccccc3CC2CN2CCCCC2)c(F)c1. The molecule has 0 radical (unpaired) electrons. The zero-order valence-corrected chi connectivity index (χ0v) is 16.5. The molecule has 2 atom stereocenters. The zero-order valence-electron chi connectivity index (χ0n) is 15.7. The molecule has 1 heterocycles. The molecule has 5 nitrogen and oxygen atoms in total. The van der Waals surface area contributed by atoms with Crippen molar-refractivity contribution in [1.82, 2.24) is 4.90 Å². The average molecular weight is 405 g/mol. The molecule has 1 saturated heterocycles. The van der Waals surface area contributed by atoms with Crippen molar-refractivity contribution >= 4 is 10.0 Å². The predicted octanol–water partition coefficient (Wildman–Crippen LogP) is 3.25. The van der Waals surface area contributed by atoms with Crippen LogP contribution in [0.15, 0.2) is 47.4 Å². The van der Waals surface area contributed by atoms with E-state index in [0.717, 1.165) is 37.7 Å². The second-order valence-corrected chi connectivity index (χ2v) is 9.26. The third-order valence-electron chi connectivity index (χ3n) is 5.70. The summed E-state index contributed by atoms with van der Waals surface area (Å²) in [5.74, 6) is -0.432. The number of benzene rings is 2. The fraction of sp³-hybridized carbons (Fsp3) is 0.429. The van der Waals surface area contributed by atoms with Crippen molar-refractivity contribution in [3.8, 4) is 5.75 Å². The van der Waals surface area contributed by atoms with Crippen molar-refractivity contribution < 1.29 is 17.5 Å². The fourth-order valence-electron chi connectivity index (χ4n) is 4.33. The molecule has 2 aliphatic rings. The van der Waals surface area contributed by atoms with Gasteiger partial charge in [0.15, 0.2) is 11.6 Å². The molecule has 0 amide bonds. The number of hydrogen-bond acceptors (Lipinski definition) is 4. The molecule has 1 fully saturated rings. The average Bonchev–Trinajstić information content (AvgIpc) is 3.00. The van der Waals surface area contributed by atoms with E-state index in [1.165, 1.54) is 37.0 Å². The predicted molar refractivity (Wildman–Crippen MR) is 105 cm³/mol. The molecule has 0 saturated carbocycles. The minimum absolute atomic E-state index is 0.0535. The molecule has 2 N–H and O–H groups in total. The van der Waals surface area contributed by atoms with Gasteiger partial charge in [-0.2, -0.15) is 0 Å². The summed E-state index contributed by atoms with van der Waals surface area (Å²) in [7, 11) is -3.95. The lowest BCUT2D eigenvalue weighted by Crippen LogP contribution is -2.36. The maximum absolute atomic E-state index is 14.5. The van der Waals surface area contributed by atoms with Crippen LogP contribution in [0.5, 0.6) is 5.75 Å². The highest BCUT2D eigenvalue weighted by Crippen LogP contribution is 2.40. The molecular weight excluding hydrogens is 379 g/mol. The maximum atomic E-state index is 14.5. The molecule has 1 aliphatic carbocycles. The summed E-state index contributed by atoms with van der Waals surface area (Å²) in [5, 5.41) is 5.09. The third kappa shape index (κ3) is 4.06. The smallest absolute Gasteiger partial charge is 0.238 e. The van der Waals surface area contributed by atoms with Crippen molar-refractivity contribution in [1.29, 1.82) is 0 Å². The number of primary sulfonamides is 1. The van der Waals surface area contributed by atoms with Gasteiger partial charge in [-0.3, -0.25) is 0 Å². The molecule has 4 rings (SSSR count). The van der Waals surface area contributed by atoms with Crippen LogP contribution in [-0.2, 0) is 16.4 Å². The second-order valence-electron chi connectivity index (χ2n) is 7.70. The van der Waals surface area contributed by atoms with Crippen LogP contribution in [0.2, 0.25) is 0 Å². The van der Waals surface area contributed by atoms with Gasteiger partial charge >= 0.3 is 0 Å². The van der Waals surface area contributed by atoms with Crippen LogP contribution in [-0.4, -0.2) is 33.0 Å². The summed E-state index contributed by atoms with van der Waals surface area (Å²) in [4.78, 5) is 2.21. The van der Waals surface area contributed by atoms with Gasteiger partial charge in [0.2, 0.25) is 10.0 Å². The number of hydrogen-bond donors (Lipinski definition) is 1. The number of halogens is 1. The van der Waals surface area contributed by atoms with E-state index in [9.17, 15) is 12.8 Å². The summed E-state index contributed by atoms with van der Waals surface area (Å²) in [6, 6.07) is 11.7. The molecule has 1 aliphatic heterocycles. The molecule has 150 valence electrons. The minimum atomic E-state index is -3.95. The standard InChI is InChI=1S/C21H25FN2O3S/c22-19-13-17(28(23,25)26)8-9-20(19)27-21-16(14-24-10-4-1-5-11-24)12-15-6-2-3-7-18(15)21/h2-3,6-9,13,16,21H,1,4-5,10-12,14H2,(H2,23,25,26). The molecule has 7 heteroatoms. The minimum Gasteiger partial charge on any atom is -0.482 e. The Labute approximate surface area is 165 Å². The van der Waals surface area contributed by atoms with Crippen LogP contribution in [0, 0.1) is 11.7 Å². The van der Waals surface area contributed by atoms with Crippen LogP contribution in [0.4, 0.5) is 4.39 Å². The Hall–Kier alpha value is -1.96. The first kappa shape index (κ1) is 19.4. The van der Waals surface area contributed by atoms with Crippen LogP contribution in [0.1, 0.15) is 36.5 Å².